The highest BCUT2D eigenvalue weighted by Gasteiger charge is 2.47. The maximum atomic E-state index is 12.7. The van der Waals surface area contributed by atoms with E-state index in [1.54, 1.807) is 36.4 Å². The number of nitrogens with zero attached hydrogens (tertiary/aromatic N) is 2. The first kappa shape index (κ1) is 19.2. The second-order valence-electron chi connectivity index (χ2n) is 6.67. The van der Waals surface area contributed by atoms with E-state index in [0.717, 1.165) is 6.54 Å². The Labute approximate surface area is 162 Å². The van der Waals surface area contributed by atoms with Gasteiger partial charge in [-0.05, 0) is 63.5 Å². The predicted molar refractivity (Wildman–Crippen MR) is 102 cm³/mol. The van der Waals surface area contributed by atoms with Crippen LogP contribution in [-0.4, -0.2) is 53.8 Å². The molecule has 3 rings (SSSR count). The van der Waals surface area contributed by atoms with E-state index in [9.17, 15) is 14.7 Å². The molecule has 1 amide bonds. The van der Waals surface area contributed by atoms with Crippen molar-refractivity contribution < 1.29 is 19.1 Å². The zero-order chi connectivity index (χ0) is 19.6. The number of halogens is 1. The van der Waals surface area contributed by atoms with Gasteiger partial charge >= 0.3 is 0 Å². The van der Waals surface area contributed by atoms with Crippen molar-refractivity contribution in [1.82, 2.24) is 9.80 Å². The molecule has 0 bridgehead atoms. The van der Waals surface area contributed by atoms with Crippen molar-refractivity contribution in [2.75, 3.05) is 27.2 Å². The van der Waals surface area contributed by atoms with Crippen LogP contribution in [0.5, 0.6) is 0 Å². The highest BCUT2D eigenvalue weighted by molar-refractivity contribution is 6.46. The summed E-state index contributed by atoms with van der Waals surface area (Å²) in [5, 5.41) is 11.3. The van der Waals surface area contributed by atoms with E-state index in [4.69, 9.17) is 16.0 Å². The molecule has 0 radical (unpaired) electrons. The summed E-state index contributed by atoms with van der Waals surface area (Å²) in [4.78, 5) is 28.8. The van der Waals surface area contributed by atoms with E-state index >= 15 is 0 Å². The van der Waals surface area contributed by atoms with Gasteiger partial charge in [-0.1, -0.05) is 11.6 Å². The Morgan fingerprint density at radius 1 is 1.22 bits per heavy atom. The van der Waals surface area contributed by atoms with Crippen LogP contribution in [-0.2, 0) is 9.59 Å². The van der Waals surface area contributed by atoms with Gasteiger partial charge in [0.15, 0.2) is 0 Å². The molecule has 1 aromatic heterocycles. The van der Waals surface area contributed by atoms with E-state index in [1.807, 2.05) is 19.0 Å². The van der Waals surface area contributed by atoms with E-state index in [1.165, 1.54) is 11.2 Å². The van der Waals surface area contributed by atoms with Gasteiger partial charge < -0.3 is 19.3 Å². The minimum atomic E-state index is -0.752. The third-order valence-corrected chi connectivity index (χ3v) is 4.73. The molecule has 2 heterocycles. The van der Waals surface area contributed by atoms with Crippen LogP contribution < -0.4 is 0 Å². The lowest BCUT2D eigenvalue weighted by atomic mass is 9.99. The summed E-state index contributed by atoms with van der Waals surface area (Å²) in [5.41, 5.74) is 0.448. The maximum absolute atomic E-state index is 12.7. The van der Waals surface area contributed by atoms with Gasteiger partial charge in [0.1, 0.15) is 17.6 Å². The van der Waals surface area contributed by atoms with Crippen molar-refractivity contribution in [3.05, 3.63) is 64.6 Å². The minimum Gasteiger partial charge on any atom is -0.507 e. The predicted octanol–water partition coefficient (Wildman–Crippen LogP) is 3.31. The molecule has 1 aliphatic heterocycles. The number of amides is 1. The highest BCUT2D eigenvalue weighted by atomic mass is 35.5. The number of ketones is 1. The van der Waals surface area contributed by atoms with Crippen molar-refractivity contribution in [2.24, 2.45) is 0 Å². The van der Waals surface area contributed by atoms with Crippen LogP contribution in [0.2, 0.25) is 5.02 Å². The Morgan fingerprint density at radius 2 is 1.93 bits per heavy atom. The van der Waals surface area contributed by atoms with Crippen molar-refractivity contribution in [1.29, 1.82) is 0 Å². The molecule has 1 unspecified atom stereocenters. The zero-order valence-electron chi connectivity index (χ0n) is 15.2. The largest absolute Gasteiger partial charge is 0.507 e. The molecule has 2 aromatic rings. The molecule has 7 heteroatoms. The molecule has 1 aliphatic rings. The summed E-state index contributed by atoms with van der Waals surface area (Å²) in [7, 11) is 3.89. The lowest BCUT2D eigenvalue weighted by molar-refractivity contribution is -0.140. The topological polar surface area (TPSA) is 74.0 Å². The van der Waals surface area contributed by atoms with E-state index in [2.05, 4.69) is 0 Å². The summed E-state index contributed by atoms with van der Waals surface area (Å²) in [6.07, 6.45) is 2.18. The molecule has 142 valence electrons. The normalized spacial score (nSPS) is 19.3. The number of aliphatic hydroxyl groups excluding tert-OH is 1. The van der Waals surface area contributed by atoms with E-state index in [0.29, 0.717) is 29.3 Å². The van der Waals surface area contributed by atoms with Crippen molar-refractivity contribution in [3.8, 4) is 0 Å². The molecule has 0 saturated carbocycles. The first-order chi connectivity index (χ1) is 12.9. The standard InChI is InChI=1S/C20H21ClN2O4/c1-22(2)10-4-11-23-17(15-5-3-12-27-15)16(19(25)20(23)26)18(24)13-6-8-14(21)9-7-13/h3,5-9,12,17,24H,4,10-11H2,1-2H3/b18-16-. The number of hydrogen-bond acceptors (Lipinski definition) is 5. The average Bonchev–Trinajstić information content (AvgIpc) is 3.24. The van der Waals surface area contributed by atoms with Gasteiger partial charge in [-0.2, -0.15) is 0 Å². The quantitative estimate of drug-likeness (QED) is 0.467. The third kappa shape index (κ3) is 3.91. The van der Waals surface area contributed by atoms with Gasteiger partial charge in [-0.15, -0.1) is 0 Å². The van der Waals surface area contributed by atoms with Gasteiger partial charge in [0.2, 0.25) is 0 Å². The first-order valence-corrected chi connectivity index (χ1v) is 9.00. The average molecular weight is 389 g/mol. The summed E-state index contributed by atoms with van der Waals surface area (Å²) in [5.74, 6) is -1.14. The highest BCUT2D eigenvalue weighted by Crippen LogP contribution is 2.39. The Hall–Kier alpha value is -2.57. The monoisotopic (exact) mass is 388 g/mol. The molecule has 1 N–H and O–H groups in total. The van der Waals surface area contributed by atoms with Gasteiger partial charge in [-0.3, -0.25) is 9.59 Å². The number of aliphatic hydroxyl groups is 1. The van der Waals surface area contributed by atoms with E-state index < -0.39 is 17.7 Å². The SMILES string of the molecule is CN(C)CCCN1C(=O)C(=O)/C(=C(\O)c2ccc(Cl)cc2)C1c1ccco1. The fourth-order valence-corrected chi connectivity index (χ4v) is 3.30. The Bertz CT molecular complexity index is 857. The van der Waals surface area contributed by atoms with Crippen LogP contribution in [0.15, 0.2) is 52.7 Å². The molecular weight excluding hydrogens is 368 g/mol. The van der Waals surface area contributed by atoms with Crippen LogP contribution in [0.4, 0.5) is 0 Å². The fraction of sp³-hybridized carbons (Fsp3) is 0.300. The van der Waals surface area contributed by atoms with Crippen LogP contribution >= 0.6 is 11.6 Å². The molecule has 1 aromatic carbocycles. The van der Waals surface area contributed by atoms with Crippen molar-refractivity contribution in [2.45, 2.75) is 12.5 Å². The molecular formula is C20H21ClN2O4. The number of rotatable bonds is 6. The number of benzene rings is 1. The molecule has 1 saturated heterocycles. The van der Waals surface area contributed by atoms with Crippen LogP contribution in [0.25, 0.3) is 5.76 Å². The number of carbonyl (C=O) groups excluding carboxylic acids is 2. The zero-order valence-corrected chi connectivity index (χ0v) is 15.9. The summed E-state index contributed by atoms with van der Waals surface area (Å²) in [6.45, 7) is 1.15. The summed E-state index contributed by atoms with van der Waals surface area (Å²) >= 11 is 5.90. The fourth-order valence-electron chi connectivity index (χ4n) is 3.17. The maximum Gasteiger partial charge on any atom is 0.295 e. The first-order valence-electron chi connectivity index (χ1n) is 8.62. The summed E-state index contributed by atoms with van der Waals surface area (Å²) in [6, 6.07) is 9.09. The Morgan fingerprint density at radius 3 is 2.52 bits per heavy atom. The number of carbonyl (C=O) groups is 2. The molecule has 0 aliphatic carbocycles. The van der Waals surface area contributed by atoms with Gasteiger partial charge in [0, 0.05) is 17.1 Å². The Kier molecular flexibility index (Phi) is 5.68. The van der Waals surface area contributed by atoms with Gasteiger partial charge in [-0.25, -0.2) is 0 Å². The van der Waals surface area contributed by atoms with Crippen molar-refractivity contribution >= 4 is 29.1 Å². The molecule has 1 atom stereocenters. The number of furan rings is 1. The minimum absolute atomic E-state index is 0.0297. The number of Topliss-reactive ketones (excluding diaryl/α,β-unsaturated/α-hetero) is 1. The number of hydrogen-bond donors (Lipinski definition) is 1. The smallest absolute Gasteiger partial charge is 0.295 e. The van der Waals surface area contributed by atoms with Gasteiger partial charge in [0.25, 0.3) is 11.7 Å². The summed E-state index contributed by atoms with van der Waals surface area (Å²) < 4.78 is 5.48. The van der Waals surface area contributed by atoms with Gasteiger partial charge in [0.05, 0.1) is 11.8 Å². The lowest BCUT2D eigenvalue weighted by Crippen LogP contribution is -2.32. The Balaban J connectivity index is 2.03. The van der Waals surface area contributed by atoms with Crippen LogP contribution in [0, 0.1) is 0 Å². The second kappa shape index (κ2) is 7.98. The molecule has 0 spiro atoms. The molecule has 6 nitrogen and oxygen atoms in total. The third-order valence-electron chi connectivity index (χ3n) is 4.47. The van der Waals surface area contributed by atoms with Crippen LogP contribution in [0.1, 0.15) is 23.8 Å². The van der Waals surface area contributed by atoms with Crippen LogP contribution in [0.3, 0.4) is 0 Å². The number of likely N-dealkylation sites (tertiary alicyclic amines) is 1. The van der Waals surface area contributed by atoms with E-state index in [-0.39, 0.29) is 11.3 Å². The van der Waals surface area contributed by atoms with Crippen molar-refractivity contribution in [3.63, 3.8) is 0 Å². The second-order valence-corrected chi connectivity index (χ2v) is 7.11. The molecule has 27 heavy (non-hydrogen) atoms. The molecule has 1 fully saturated rings. The lowest BCUT2D eigenvalue weighted by Gasteiger charge is -2.24.